The summed E-state index contributed by atoms with van der Waals surface area (Å²) in [5.41, 5.74) is 1.55. The quantitative estimate of drug-likeness (QED) is 0.940. The van der Waals surface area contributed by atoms with Gasteiger partial charge in [-0.25, -0.2) is 4.79 Å². The Morgan fingerprint density at radius 2 is 1.81 bits per heavy atom. The van der Waals surface area contributed by atoms with Crippen LogP contribution in [0.1, 0.15) is 5.56 Å². The van der Waals surface area contributed by atoms with Gasteiger partial charge in [0.15, 0.2) is 11.5 Å². The summed E-state index contributed by atoms with van der Waals surface area (Å²) in [7, 11) is 0. The van der Waals surface area contributed by atoms with Gasteiger partial charge in [0.05, 0.1) is 0 Å². The van der Waals surface area contributed by atoms with E-state index in [9.17, 15) is 4.79 Å². The number of carbonyl (C=O) groups excluding carboxylic acids is 1. The fraction of sp³-hybridized carbons (Fsp3) is 0.188. The maximum absolute atomic E-state index is 11.7. The van der Waals surface area contributed by atoms with Gasteiger partial charge < -0.3 is 14.2 Å². The lowest BCUT2D eigenvalue weighted by molar-refractivity contribution is 0.155. The minimum atomic E-state index is -0.504. The number of anilines is 1. The summed E-state index contributed by atoms with van der Waals surface area (Å²) < 4.78 is 16.0. The maximum Gasteiger partial charge on any atom is 0.411 e. The molecular formula is C16H15NO4. The molecular weight excluding hydrogens is 270 g/mol. The molecule has 0 aromatic heterocycles. The topological polar surface area (TPSA) is 56.8 Å². The fourth-order valence-electron chi connectivity index (χ4n) is 2.00. The van der Waals surface area contributed by atoms with Gasteiger partial charge in [-0.05, 0) is 17.7 Å². The van der Waals surface area contributed by atoms with Gasteiger partial charge in [0, 0.05) is 11.8 Å². The first-order valence-corrected chi connectivity index (χ1v) is 6.68. The Hall–Kier alpha value is -2.69. The molecule has 0 spiro atoms. The van der Waals surface area contributed by atoms with Crippen LogP contribution >= 0.6 is 0 Å². The molecule has 0 atom stereocenters. The molecule has 1 amide bonds. The summed E-state index contributed by atoms with van der Waals surface area (Å²) in [6, 6.07) is 14.7. The van der Waals surface area contributed by atoms with Crippen LogP contribution < -0.4 is 14.8 Å². The second kappa shape index (κ2) is 6.17. The largest absolute Gasteiger partial charge is 0.486 e. The molecule has 108 valence electrons. The zero-order valence-corrected chi connectivity index (χ0v) is 11.4. The smallest absolute Gasteiger partial charge is 0.411 e. The van der Waals surface area contributed by atoms with E-state index in [1.165, 1.54) is 0 Å². The Balaban J connectivity index is 1.57. The Labute approximate surface area is 122 Å². The van der Waals surface area contributed by atoms with Crippen molar-refractivity contribution >= 4 is 11.8 Å². The van der Waals surface area contributed by atoms with Crippen molar-refractivity contribution in [3.63, 3.8) is 0 Å². The van der Waals surface area contributed by atoms with Gasteiger partial charge >= 0.3 is 6.09 Å². The maximum atomic E-state index is 11.7. The van der Waals surface area contributed by atoms with Crippen LogP contribution in [0.4, 0.5) is 10.5 Å². The Morgan fingerprint density at radius 3 is 2.62 bits per heavy atom. The van der Waals surface area contributed by atoms with E-state index in [1.54, 1.807) is 18.2 Å². The molecule has 5 nitrogen and oxygen atoms in total. The van der Waals surface area contributed by atoms with E-state index < -0.39 is 6.09 Å². The summed E-state index contributed by atoms with van der Waals surface area (Å²) in [5, 5.41) is 2.67. The number of rotatable bonds is 3. The lowest BCUT2D eigenvalue weighted by Gasteiger charge is -2.18. The van der Waals surface area contributed by atoms with Crippen molar-refractivity contribution in [1.82, 2.24) is 0 Å². The number of nitrogens with one attached hydrogen (secondary N) is 1. The van der Waals surface area contributed by atoms with E-state index in [0.717, 1.165) is 5.56 Å². The average molecular weight is 285 g/mol. The van der Waals surface area contributed by atoms with Crippen LogP contribution in [0.5, 0.6) is 11.5 Å². The van der Waals surface area contributed by atoms with Crippen molar-refractivity contribution in [1.29, 1.82) is 0 Å². The van der Waals surface area contributed by atoms with E-state index in [1.807, 2.05) is 30.3 Å². The lowest BCUT2D eigenvalue weighted by Crippen LogP contribution is -2.17. The molecule has 0 aliphatic carbocycles. The van der Waals surface area contributed by atoms with Gasteiger partial charge in [0.25, 0.3) is 0 Å². The molecule has 0 unspecified atom stereocenters. The molecule has 0 saturated heterocycles. The summed E-state index contributed by atoms with van der Waals surface area (Å²) in [4.78, 5) is 11.7. The minimum absolute atomic E-state index is 0.233. The molecule has 5 heteroatoms. The minimum Gasteiger partial charge on any atom is -0.486 e. The molecule has 1 aliphatic heterocycles. The summed E-state index contributed by atoms with van der Waals surface area (Å²) >= 11 is 0. The molecule has 1 N–H and O–H groups in total. The first-order valence-electron chi connectivity index (χ1n) is 6.68. The normalized spacial score (nSPS) is 12.6. The third-order valence-electron chi connectivity index (χ3n) is 3.00. The predicted molar refractivity (Wildman–Crippen MR) is 77.7 cm³/mol. The van der Waals surface area contributed by atoms with Crippen molar-refractivity contribution in [3.8, 4) is 11.5 Å². The van der Waals surface area contributed by atoms with E-state index in [2.05, 4.69) is 5.32 Å². The molecule has 1 aliphatic rings. The first-order chi connectivity index (χ1) is 10.3. The summed E-state index contributed by atoms with van der Waals surface area (Å²) in [6.07, 6.45) is -0.504. The standard InChI is InChI=1S/C16H15NO4/c18-16(21-11-12-4-2-1-3-5-12)17-13-6-7-14-15(10-13)20-9-8-19-14/h1-7,10H,8-9,11H2,(H,17,18). The summed E-state index contributed by atoms with van der Waals surface area (Å²) in [5.74, 6) is 1.31. The molecule has 0 bridgehead atoms. The van der Waals surface area contributed by atoms with Crippen molar-refractivity contribution < 1.29 is 19.0 Å². The predicted octanol–water partition coefficient (Wildman–Crippen LogP) is 3.21. The number of carbonyl (C=O) groups is 1. The van der Waals surface area contributed by atoms with Gasteiger partial charge in [-0.1, -0.05) is 30.3 Å². The number of hydrogen-bond acceptors (Lipinski definition) is 4. The second-order valence-electron chi connectivity index (χ2n) is 4.55. The molecule has 3 rings (SSSR count). The SMILES string of the molecule is O=C(Nc1ccc2c(c1)OCCO2)OCc1ccccc1. The molecule has 0 radical (unpaired) electrons. The molecule has 2 aromatic carbocycles. The van der Waals surface area contributed by atoms with Gasteiger partial charge in [0.2, 0.25) is 0 Å². The van der Waals surface area contributed by atoms with Crippen LogP contribution in [0, 0.1) is 0 Å². The molecule has 2 aromatic rings. The highest BCUT2D eigenvalue weighted by Crippen LogP contribution is 2.32. The van der Waals surface area contributed by atoms with E-state index >= 15 is 0 Å². The summed E-state index contributed by atoms with van der Waals surface area (Å²) in [6.45, 7) is 1.28. The number of hydrogen-bond donors (Lipinski definition) is 1. The Morgan fingerprint density at radius 1 is 1.05 bits per heavy atom. The highest BCUT2D eigenvalue weighted by atomic mass is 16.6. The molecule has 21 heavy (non-hydrogen) atoms. The molecule has 0 fully saturated rings. The number of amides is 1. The van der Waals surface area contributed by atoms with E-state index in [-0.39, 0.29) is 6.61 Å². The van der Waals surface area contributed by atoms with Crippen LogP contribution in [0.2, 0.25) is 0 Å². The van der Waals surface area contributed by atoms with E-state index in [4.69, 9.17) is 14.2 Å². The van der Waals surface area contributed by atoms with Crippen molar-refractivity contribution in [2.45, 2.75) is 6.61 Å². The monoisotopic (exact) mass is 285 g/mol. The zero-order valence-electron chi connectivity index (χ0n) is 11.4. The highest BCUT2D eigenvalue weighted by molar-refractivity contribution is 5.85. The van der Waals surface area contributed by atoms with Crippen LogP contribution in [0.3, 0.4) is 0 Å². The van der Waals surface area contributed by atoms with Crippen molar-refractivity contribution in [2.24, 2.45) is 0 Å². The fourth-order valence-corrected chi connectivity index (χ4v) is 2.00. The van der Waals surface area contributed by atoms with Crippen LogP contribution in [0.15, 0.2) is 48.5 Å². The Kier molecular flexibility index (Phi) is 3.91. The second-order valence-corrected chi connectivity index (χ2v) is 4.55. The van der Waals surface area contributed by atoms with Crippen molar-refractivity contribution in [3.05, 3.63) is 54.1 Å². The average Bonchev–Trinajstić information content (AvgIpc) is 2.54. The first kappa shape index (κ1) is 13.3. The third kappa shape index (κ3) is 3.45. The number of ether oxygens (including phenoxy) is 3. The molecule has 0 saturated carbocycles. The highest BCUT2D eigenvalue weighted by Gasteiger charge is 2.13. The van der Waals surface area contributed by atoms with Gasteiger partial charge in [-0.2, -0.15) is 0 Å². The van der Waals surface area contributed by atoms with Crippen LogP contribution in [-0.4, -0.2) is 19.3 Å². The van der Waals surface area contributed by atoms with E-state index in [0.29, 0.717) is 30.4 Å². The van der Waals surface area contributed by atoms with Crippen LogP contribution in [0.25, 0.3) is 0 Å². The zero-order chi connectivity index (χ0) is 14.5. The molecule has 1 heterocycles. The number of benzene rings is 2. The van der Waals surface area contributed by atoms with Crippen LogP contribution in [-0.2, 0) is 11.3 Å². The lowest BCUT2D eigenvalue weighted by atomic mass is 10.2. The third-order valence-corrected chi connectivity index (χ3v) is 3.00. The number of fused-ring (bicyclic) bond motifs is 1. The van der Waals surface area contributed by atoms with Gasteiger partial charge in [0.1, 0.15) is 19.8 Å². The Bertz CT molecular complexity index is 627. The van der Waals surface area contributed by atoms with Gasteiger partial charge in [-0.3, -0.25) is 5.32 Å². The van der Waals surface area contributed by atoms with Crippen molar-refractivity contribution in [2.75, 3.05) is 18.5 Å². The van der Waals surface area contributed by atoms with Gasteiger partial charge in [-0.15, -0.1) is 0 Å².